The molecule has 0 saturated heterocycles. The van der Waals surface area contributed by atoms with Gasteiger partial charge in [0.05, 0.1) is 0 Å². The van der Waals surface area contributed by atoms with Gasteiger partial charge in [-0.1, -0.05) is 29.8 Å². The molecule has 2 rings (SSSR count). The number of amides is 1. The van der Waals surface area contributed by atoms with Crippen molar-refractivity contribution in [3.05, 3.63) is 67.8 Å². The van der Waals surface area contributed by atoms with Gasteiger partial charge < -0.3 is 5.32 Å². The molecule has 0 unspecified atom stereocenters. The molecule has 2 aromatic carbocycles. The maximum Gasteiger partial charge on any atom is 0.266 e. The molecule has 1 N–H and O–H groups in total. The van der Waals surface area contributed by atoms with Crippen LogP contribution in [0, 0.1) is 21.8 Å². The van der Waals surface area contributed by atoms with Crippen molar-refractivity contribution in [2.24, 2.45) is 0 Å². The average Bonchev–Trinajstić information content (AvgIpc) is 2.51. The van der Waals surface area contributed by atoms with Crippen molar-refractivity contribution in [1.82, 2.24) is 0 Å². The molecule has 22 heavy (non-hydrogen) atoms. The molecule has 0 spiro atoms. The number of rotatable bonds is 3. The smallest absolute Gasteiger partial charge is 0.266 e. The molecule has 0 aromatic heterocycles. The summed E-state index contributed by atoms with van der Waals surface area (Å²) >= 11 is 8.22. The highest BCUT2D eigenvalue weighted by molar-refractivity contribution is 14.1. The minimum absolute atomic E-state index is 0.0422. The first-order valence-electron chi connectivity index (χ1n) is 6.45. The first-order chi connectivity index (χ1) is 10.5. The van der Waals surface area contributed by atoms with E-state index in [1.807, 2.05) is 37.3 Å². The second-order valence-corrected chi connectivity index (χ2v) is 6.24. The van der Waals surface area contributed by atoms with Crippen LogP contribution in [0.2, 0.25) is 5.02 Å². The quantitative estimate of drug-likeness (QED) is 0.439. The van der Waals surface area contributed by atoms with Crippen molar-refractivity contribution in [3.63, 3.8) is 0 Å². The van der Waals surface area contributed by atoms with Crippen LogP contribution in [0.4, 0.5) is 5.69 Å². The maximum atomic E-state index is 12.2. The van der Waals surface area contributed by atoms with E-state index in [0.29, 0.717) is 10.7 Å². The van der Waals surface area contributed by atoms with Crippen LogP contribution in [0.3, 0.4) is 0 Å². The van der Waals surface area contributed by atoms with E-state index >= 15 is 0 Å². The van der Waals surface area contributed by atoms with Crippen LogP contribution in [-0.2, 0) is 4.79 Å². The van der Waals surface area contributed by atoms with Gasteiger partial charge >= 0.3 is 0 Å². The Morgan fingerprint density at radius 1 is 1.27 bits per heavy atom. The monoisotopic (exact) mass is 422 g/mol. The van der Waals surface area contributed by atoms with E-state index in [0.717, 1.165) is 14.7 Å². The molecule has 0 aliphatic carbocycles. The zero-order valence-corrected chi connectivity index (χ0v) is 14.6. The van der Waals surface area contributed by atoms with Gasteiger partial charge in [-0.15, -0.1) is 0 Å². The number of anilines is 1. The Hall–Kier alpha value is -1.84. The maximum absolute atomic E-state index is 12.2. The van der Waals surface area contributed by atoms with E-state index in [2.05, 4.69) is 27.9 Å². The minimum atomic E-state index is -0.452. The number of hydrogen-bond acceptors (Lipinski definition) is 2. The summed E-state index contributed by atoms with van der Waals surface area (Å²) in [4.78, 5) is 12.2. The van der Waals surface area contributed by atoms with Gasteiger partial charge in [0.25, 0.3) is 5.91 Å². The van der Waals surface area contributed by atoms with E-state index in [9.17, 15) is 10.1 Å². The third-order valence-electron chi connectivity index (χ3n) is 3.06. The number of nitriles is 1. The fraction of sp³-hybridized carbons (Fsp3) is 0.0588. The summed E-state index contributed by atoms with van der Waals surface area (Å²) < 4.78 is 1.09. The van der Waals surface area contributed by atoms with Crippen molar-refractivity contribution in [2.45, 2.75) is 6.92 Å². The second-order valence-electron chi connectivity index (χ2n) is 4.59. The molecule has 0 radical (unpaired) electrons. The molecule has 0 saturated carbocycles. The summed E-state index contributed by atoms with van der Waals surface area (Å²) in [6.45, 7) is 1.81. The van der Waals surface area contributed by atoms with Crippen LogP contribution in [0.25, 0.3) is 6.08 Å². The first kappa shape index (κ1) is 16.5. The fourth-order valence-corrected chi connectivity index (χ4v) is 2.34. The molecule has 3 nitrogen and oxygen atoms in total. The van der Waals surface area contributed by atoms with Crippen molar-refractivity contribution in [3.8, 4) is 6.07 Å². The predicted octanol–water partition coefficient (Wildman–Crippen LogP) is 4.80. The highest BCUT2D eigenvalue weighted by Crippen LogP contribution is 2.23. The van der Waals surface area contributed by atoms with Crippen molar-refractivity contribution < 1.29 is 4.79 Å². The lowest BCUT2D eigenvalue weighted by atomic mass is 10.1. The van der Waals surface area contributed by atoms with Gasteiger partial charge in [-0.25, -0.2) is 0 Å². The average molecular weight is 423 g/mol. The Balaban J connectivity index is 2.24. The molecule has 0 bridgehead atoms. The Kier molecular flexibility index (Phi) is 5.58. The molecule has 0 aliphatic rings. The summed E-state index contributed by atoms with van der Waals surface area (Å²) in [6, 6.07) is 14.7. The zero-order chi connectivity index (χ0) is 16.1. The third kappa shape index (κ3) is 4.09. The molecule has 0 heterocycles. The molecule has 2 aromatic rings. The number of carbonyl (C=O) groups is 1. The molecular weight excluding hydrogens is 411 g/mol. The SMILES string of the molecule is Cc1c(Cl)cccc1NC(=O)/C(C#N)=C\c1ccc(I)cc1. The number of halogens is 2. The van der Waals surface area contributed by atoms with Gasteiger partial charge in [0.1, 0.15) is 11.6 Å². The lowest BCUT2D eigenvalue weighted by Crippen LogP contribution is -2.14. The van der Waals surface area contributed by atoms with E-state index in [1.54, 1.807) is 24.3 Å². The zero-order valence-electron chi connectivity index (χ0n) is 11.7. The molecule has 0 aliphatic heterocycles. The van der Waals surface area contributed by atoms with Gasteiger partial charge in [-0.2, -0.15) is 5.26 Å². The van der Waals surface area contributed by atoms with Gasteiger partial charge in [-0.3, -0.25) is 4.79 Å². The number of nitrogens with one attached hydrogen (secondary N) is 1. The third-order valence-corrected chi connectivity index (χ3v) is 4.19. The summed E-state index contributed by atoms with van der Waals surface area (Å²) in [5.41, 5.74) is 2.21. The van der Waals surface area contributed by atoms with E-state index in [4.69, 9.17) is 11.6 Å². The lowest BCUT2D eigenvalue weighted by Gasteiger charge is -2.08. The second kappa shape index (κ2) is 7.43. The van der Waals surface area contributed by atoms with Crippen molar-refractivity contribution >= 4 is 51.9 Å². The Morgan fingerprint density at radius 3 is 2.59 bits per heavy atom. The molecule has 0 atom stereocenters. The fourth-order valence-electron chi connectivity index (χ4n) is 1.81. The van der Waals surface area contributed by atoms with Crippen LogP contribution in [0.15, 0.2) is 48.0 Å². The number of carbonyl (C=O) groups excluding carboxylic acids is 1. The Bertz CT molecular complexity index is 776. The summed E-state index contributed by atoms with van der Waals surface area (Å²) in [5.74, 6) is -0.452. The highest BCUT2D eigenvalue weighted by atomic mass is 127. The van der Waals surface area contributed by atoms with Crippen molar-refractivity contribution in [1.29, 1.82) is 5.26 Å². The van der Waals surface area contributed by atoms with Gasteiger partial charge in [0.2, 0.25) is 0 Å². The van der Waals surface area contributed by atoms with Crippen molar-refractivity contribution in [2.75, 3.05) is 5.32 Å². The molecule has 5 heteroatoms. The molecule has 0 fully saturated rings. The van der Waals surface area contributed by atoms with E-state index in [-0.39, 0.29) is 5.57 Å². The van der Waals surface area contributed by atoms with Crippen LogP contribution in [0.5, 0.6) is 0 Å². The van der Waals surface area contributed by atoms with Gasteiger partial charge in [0, 0.05) is 14.3 Å². The molecule has 1 amide bonds. The van der Waals surface area contributed by atoms with Crippen LogP contribution in [0.1, 0.15) is 11.1 Å². The summed E-state index contributed by atoms with van der Waals surface area (Å²) in [5, 5.41) is 12.5. The normalized spacial score (nSPS) is 10.9. The Morgan fingerprint density at radius 2 is 1.95 bits per heavy atom. The highest BCUT2D eigenvalue weighted by Gasteiger charge is 2.11. The van der Waals surface area contributed by atoms with E-state index < -0.39 is 5.91 Å². The van der Waals surface area contributed by atoms with Gasteiger partial charge in [-0.05, 0) is 71.0 Å². The van der Waals surface area contributed by atoms with Crippen LogP contribution < -0.4 is 5.32 Å². The largest absolute Gasteiger partial charge is 0.321 e. The number of hydrogen-bond donors (Lipinski definition) is 1. The topological polar surface area (TPSA) is 52.9 Å². The molecular formula is C17H12ClIN2O. The number of nitrogens with zero attached hydrogens (tertiary/aromatic N) is 1. The van der Waals surface area contributed by atoms with Crippen LogP contribution >= 0.6 is 34.2 Å². The standard InChI is InChI=1S/C17H12ClIN2O/c1-11-15(18)3-2-4-16(11)21-17(22)13(10-20)9-12-5-7-14(19)8-6-12/h2-9H,1H3,(H,21,22)/b13-9-. The summed E-state index contributed by atoms with van der Waals surface area (Å²) in [7, 11) is 0. The van der Waals surface area contributed by atoms with Gasteiger partial charge in [0.15, 0.2) is 0 Å². The number of benzene rings is 2. The van der Waals surface area contributed by atoms with Crippen LogP contribution in [-0.4, -0.2) is 5.91 Å². The first-order valence-corrected chi connectivity index (χ1v) is 7.91. The minimum Gasteiger partial charge on any atom is -0.321 e. The Labute approximate surface area is 147 Å². The lowest BCUT2D eigenvalue weighted by molar-refractivity contribution is -0.112. The predicted molar refractivity (Wildman–Crippen MR) is 97.6 cm³/mol. The van der Waals surface area contributed by atoms with E-state index in [1.165, 1.54) is 0 Å². The molecule has 110 valence electrons. The summed E-state index contributed by atoms with van der Waals surface area (Å²) in [6.07, 6.45) is 1.56.